The number of hydrogen-bond donors (Lipinski definition) is 2. The highest BCUT2D eigenvalue weighted by atomic mass is 16.6. The summed E-state index contributed by atoms with van der Waals surface area (Å²) in [6.45, 7) is 5.37. The molecular weight excluding hydrogens is 296 g/mol. The summed E-state index contributed by atoms with van der Waals surface area (Å²) in [4.78, 5) is 11.6. The molecule has 0 atom stereocenters. The van der Waals surface area contributed by atoms with Crippen molar-refractivity contribution in [3.05, 3.63) is 36.4 Å². The molecule has 1 aromatic heterocycles. The molecule has 0 saturated carbocycles. The molecule has 1 amide bonds. The van der Waals surface area contributed by atoms with Crippen molar-refractivity contribution in [3.63, 3.8) is 0 Å². The summed E-state index contributed by atoms with van der Waals surface area (Å²) < 4.78 is 10.3. The molecule has 2 aromatic rings. The van der Waals surface area contributed by atoms with Crippen LogP contribution in [0.15, 0.2) is 36.4 Å². The third kappa shape index (κ3) is 5.46. The number of methoxy groups -OCH3 is 1. The van der Waals surface area contributed by atoms with Gasteiger partial charge in [-0.25, -0.2) is 4.79 Å². The lowest BCUT2D eigenvalue weighted by Crippen LogP contribution is -2.27. The second-order valence-corrected chi connectivity index (χ2v) is 5.79. The van der Waals surface area contributed by atoms with E-state index < -0.39 is 11.7 Å². The van der Waals surface area contributed by atoms with E-state index in [1.54, 1.807) is 40.0 Å². The van der Waals surface area contributed by atoms with Crippen molar-refractivity contribution in [2.45, 2.75) is 26.4 Å². The highest BCUT2D eigenvalue weighted by Crippen LogP contribution is 2.20. The first kappa shape index (κ1) is 16.5. The second kappa shape index (κ2) is 6.95. The summed E-state index contributed by atoms with van der Waals surface area (Å²) in [5, 5.41) is 13.6. The number of ether oxygens (including phenoxy) is 2. The maximum atomic E-state index is 11.6. The molecule has 122 valence electrons. The Labute approximate surface area is 135 Å². The van der Waals surface area contributed by atoms with Gasteiger partial charge in [-0.1, -0.05) is 6.07 Å². The van der Waals surface area contributed by atoms with E-state index in [0.29, 0.717) is 11.6 Å². The predicted octanol–water partition coefficient (Wildman–Crippen LogP) is 3.58. The van der Waals surface area contributed by atoms with E-state index in [-0.39, 0.29) is 0 Å². The van der Waals surface area contributed by atoms with Crippen LogP contribution in [-0.4, -0.2) is 29.0 Å². The first-order chi connectivity index (χ1) is 10.9. The molecule has 0 saturated heterocycles. The molecule has 0 unspecified atom stereocenters. The van der Waals surface area contributed by atoms with Crippen LogP contribution in [0.2, 0.25) is 0 Å². The average molecular weight is 316 g/mol. The fourth-order valence-corrected chi connectivity index (χ4v) is 1.72. The largest absolute Gasteiger partial charge is 0.497 e. The second-order valence-electron chi connectivity index (χ2n) is 5.79. The first-order valence-corrected chi connectivity index (χ1v) is 7.10. The van der Waals surface area contributed by atoms with E-state index >= 15 is 0 Å². The van der Waals surface area contributed by atoms with E-state index in [1.807, 2.05) is 24.3 Å². The predicted molar refractivity (Wildman–Crippen MR) is 88.2 cm³/mol. The van der Waals surface area contributed by atoms with Gasteiger partial charge in [-0.05, 0) is 45.0 Å². The summed E-state index contributed by atoms with van der Waals surface area (Å²) in [6, 6.07) is 10.8. The molecule has 2 rings (SSSR count). The van der Waals surface area contributed by atoms with Crippen molar-refractivity contribution < 1.29 is 14.3 Å². The standard InChI is InChI=1S/C16H20N4O3/c1-16(2,3)23-15(21)18-14-9-8-13(19-20-14)17-11-6-5-7-12(10-11)22-4/h5-10H,1-4H3,(H,17,19)(H,18,20,21). The van der Waals surface area contributed by atoms with Crippen molar-refractivity contribution in [2.75, 3.05) is 17.7 Å². The Balaban J connectivity index is 1.98. The van der Waals surface area contributed by atoms with E-state index in [2.05, 4.69) is 20.8 Å². The molecule has 0 aliphatic carbocycles. The lowest BCUT2D eigenvalue weighted by molar-refractivity contribution is 0.0635. The smallest absolute Gasteiger partial charge is 0.413 e. The topological polar surface area (TPSA) is 85.4 Å². The summed E-state index contributed by atoms with van der Waals surface area (Å²) in [7, 11) is 1.61. The van der Waals surface area contributed by atoms with Crippen LogP contribution in [0.3, 0.4) is 0 Å². The van der Waals surface area contributed by atoms with E-state index in [0.717, 1.165) is 11.4 Å². The highest BCUT2D eigenvalue weighted by molar-refractivity contribution is 5.83. The Morgan fingerprint density at radius 1 is 1.09 bits per heavy atom. The normalized spacial score (nSPS) is 10.8. The van der Waals surface area contributed by atoms with Crippen molar-refractivity contribution in [1.82, 2.24) is 10.2 Å². The number of nitrogens with one attached hydrogen (secondary N) is 2. The van der Waals surface area contributed by atoms with E-state index in [4.69, 9.17) is 9.47 Å². The molecule has 7 heteroatoms. The van der Waals surface area contributed by atoms with Gasteiger partial charge in [0.15, 0.2) is 11.6 Å². The van der Waals surface area contributed by atoms with Crippen molar-refractivity contribution in [3.8, 4) is 5.75 Å². The molecule has 0 fully saturated rings. The van der Waals surface area contributed by atoms with Crippen molar-refractivity contribution in [2.24, 2.45) is 0 Å². The van der Waals surface area contributed by atoms with Gasteiger partial charge in [-0.3, -0.25) is 5.32 Å². The maximum Gasteiger partial charge on any atom is 0.413 e. The zero-order valence-electron chi connectivity index (χ0n) is 13.6. The lowest BCUT2D eigenvalue weighted by atomic mass is 10.2. The van der Waals surface area contributed by atoms with Crippen LogP contribution in [0.4, 0.5) is 22.1 Å². The summed E-state index contributed by atoms with van der Waals surface area (Å²) >= 11 is 0. The molecule has 23 heavy (non-hydrogen) atoms. The number of carbonyl (C=O) groups excluding carboxylic acids is 1. The number of hydrogen-bond acceptors (Lipinski definition) is 6. The van der Waals surface area contributed by atoms with Gasteiger partial charge in [0.05, 0.1) is 7.11 Å². The van der Waals surface area contributed by atoms with Crippen LogP contribution < -0.4 is 15.4 Å². The summed E-state index contributed by atoms with van der Waals surface area (Å²) in [5.74, 6) is 1.61. The Morgan fingerprint density at radius 2 is 1.78 bits per heavy atom. The zero-order valence-corrected chi connectivity index (χ0v) is 13.6. The lowest BCUT2D eigenvalue weighted by Gasteiger charge is -2.19. The third-order valence-electron chi connectivity index (χ3n) is 2.64. The molecule has 0 spiro atoms. The van der Waals surface area contributed by atoms with Crippen LogP contribution in [0.25, 0.3) is 0 Å². The molecule has 0 bridgehead atoms. The molecule has 2 N–H and O–H groups in total. The molecule has 1 aromatic carbocycles. The molecule has 0 aliphatic rings. The van der Waals surface area contributed by atoms with Crippen LogP contribution in [0.5, 0.6) is 5.75 Å². The molecule has 0 radical (unpaired) electrons. The van der Waals surface area contributed by atoms with Gasteiger partial charge in [0.2, 0.25) is 0 Å². The van der Waals surface area contributed by atoms with Gasteiger partial charge in [0.1, 0.15) is 11.4 Å². The maximum absolute atomic E-state index is 11.6. The monoisotopic (exact) mass is 316 g/mol. The number of amides is 1. The van der Waals surface area contributed by atoms with Crippen molar-refractivity contribution >= 4 is 23.4 Å². The number of rotatable bonds is 4. The Bertz CT molecular complexity index is 666. The van der Waals surface area contributed by atoms with Gasteiger partial charge in [0.25, 0.3) is 0 Å². The van der Waals surface area contributed by atoms with Gasteiger partial charge in [-0.2, -0.15) is 0 Å². The molecule has 0 aliphatic heterocycles. The van der Waals surface area contributed by atoms with E-state index in [9.17, 15) is 4.79 Å². The third-order valence-corrected chi connectivity index (χ3v) is 2.64. The minimum Gasteiger partial charge on any atom is -0.497 e. The summed E-state index contributed by atoms with van der Waals surface area (Å²) in [5.41, 5.74) is 0.261. The molecule has 1 heterocycles. The summed E-state index contributed by atoms with van der Waals surface area (Å²) in [6.07, 6.45) is -0.569. The van der Waals surface area contributed by atoms with Gasteiger partial charge in [0, 0.05) is 11.8 Å². The van der Waals surface area contributed by atoms with E-state index in [1.165, 1.54) is 0 Å². The van der Waals surface area contributed by atoms with Gasteiger partial charge >= 0.3 is 6.09 Å². The number of aromatic nitrogens is 2. The number of nitrogens with zero attached hydrogens (tertiary/aromatic N) is 2. The Kier molecular flexibility index (Phi) is 5.00. The highest BCUT2D eigenvalue weighted by Gasteiger charge is 2.16. The fraction of sp³-hybridized carbons (Fsp3) is 0.312. The number of carbonyl (C=O) groups is 1. The zero-order chi connectivity index (χ0) is 16.9. The average Bonchev–Trinajstić information content (AvgIpc) is 2.47. The molecular formula is C16H20N4O3. The van der Waals surface area contributed by atoms with Gasteiger partial charge in [-0.15, -0.1) is 10.2 Å². The van der Waals surface area contributed by atoms with Crippen LogP contribution in [0, 0.1) is 0 Å². The Hall–Kier alpha value is -2.83. The van der Waals surface area contributed by atoms with Gasteiger partial charge < -0.3 is 14.8 Å². The SMILES string of the molecule is COc1cccc(Nc2ccc(NC(=O)OC(C)(C)C)nn2)c1. The van der Waals surface area contributed by atoms with Crippen LogP contribution in [0.1, 0.15) is 20.8 Å². The molecule has 7 nitrogen and oxygen atoms in total. The van der Waals surface area contributed by atoms with Crippen LogP contribution in [-0.2, 0) is 4.74 Å². The number of anilines is 3. The fourth-order valence-electron chi connectivity index (χ4n) is 1.72. The Morgan fingerprint density at radius 3 is 2.39 bits per heavy atom. The van der Waals surface area contributed by atoms with Crippen molar-refractivity contribution in [1.29, 1.82) is 0 Å². The minimum atomic E-state index is -0.569. The number of benzene rings is 1. The first-order valence-electron chi connectivity index (χ1n) is 7.10. The van der Waals surface area contributed by atoms with Crippen LogP contribution >= 0.6 is 0 Å². The quantitative estimate of drug-likeness (QED) is 0.897. The minimum absolute atomic E-state index is 0.315.